The third-order valence-electron chi connectivity index (χ3n) is 11.1. The predicted octanol–water partition coefficient (Wildman–Crippen LogP) is -11.1. The SMILES string of the molecule is CC(=O)N[C@H]1[C@H](O[C@H]2[C@@H](O)[C@@H](CO)O[C@@H](O[C@H]3[C@H](O)[C@@H](O)[C@H](O)O[C@@H]3CO)[C@@H]2O)O[C@H](COS(=O)(=O)O)[C@@H](O[C@@H]2O[C@H](CO)[C@H](O)[C@H](OS(=O)(=O)O)[C@H]2O)[C@@H]1O[C@@H]1O[C@@H](C)[C@@H](O)[C@@H](O)[C@@H]1O. The summed E-state index contributed by atoms with van der Waals surface area (Å²) in [6.45, 7) is -2.49. The van der Waals surface area contributed by atoms with Crippen molar-refractivity contribution in [3.05, 3.63) is 0 Å². The first-order chi connectivity index (χ1) is 30.7. The Morgan fingerprint density at radius 3 is 1.52 bits per heavy atom. The summed E-state index contributed by atoms with van der Waals surface area (Å²) in [7, 11) is -11.0. The molecule has 0 spiro atoms. The molecule has 66 heavy (non-hydrogen) atoms. The average molecular weight is 1010 g/mol. The highest BCUT2D eigenvalue weighted by Crippen LogP contribution is 2.37. The second-order valence-electron chi connectivity index (χ2n) is 15.7. The van der Waals surface area contributed by atoms with Crippen LogP contribution in [-0.4, -0.2) is 278 Å². The Labute approximate surface area is 373 Å². The molecule has 5 saturated heterocycles. The van der Waals surface area contributed by atoms with Gasteiger partial charge in [0.05, 0.1) is 32.5 Å². The van der Waals surface area contributed by atoms with E-state index in [0.29, 0.717) is 0 Å². The maximum absolute atomic E-state index is 12.9. The minimum absolute atomic E-state index is 0.897. The molecule has 5 rings (SSSR count). The van der Waals surface area contributed by atoms with Crippen LogP contribution in [0.25, 0.3) is 0 Å². The van der Waals surface area contributed by atoms with Gasteiger partial charge in [-0.1, -0.05) is 0 Å². The molecule has 16 N–H and O–H groups in total. The third kappa shape index (κ3) is 12.8. The number of aliphatic hydroxyl groups is 13. The van der Waals surface area contributed by atoms with Gasteiger partial charge in [0.25, 0.3) is 0 Å². The number of rotatable bonds is 17. The van der Waals surface area contributed by atoms with E-state index >= 15 is 0 Å². The molecule has 5 fully saturated rings. The molecule has 32 nitrogen and oxygen atoms in total. The zero-order valence-electron chi connectivity index (χ0n) is 34.3. The molecule has 386 valence electrons. The van der Waals surface area contributed by atoms with Crippen molar-refractivity contribution >= 4 is 26.7 Å². The van der Waals surface area contributed by atoms with Gasteiger partial charge in [-0.2, -0.15) is 16.8 Å². The van der Waals surface area contributed by atoms with Gasteiger partial charge in [0.15, 0.2) is 31.5 Å². The van der Waals surface area contributed by atoms with Gasteiger partial charge < -0.3 is 114 Å². The fraction of sp³-hybridized carbons (Fsp3) is 0.969. The van der Waals surface area contributed by atoms with Crippen LogP contribution in [-0.2, 0) is 76.6 Å². The van der Waals surface area contributed by atoms with Crippen molar-refractivity contribution in [2.24, 2.45) is 0 Å². The highest BCUT2D eigenvalue weighted by Gasteiger charge is 2.58. The van der Waals surface area contributed by atoms with E-state index in [0.717, 1.165) is 6.92 Å². The Bertz CT molecular complexity index is 1800. The summed E-state index contributed by atoms with van der Waals surface area (Å²) in [5, 5.41) is 140. The first kappa shape index (κ1) is 55.3. The lowest BCUT2D eigenvalue weighted by molar-refractivity contribution is -0.390. The summed E-state index contributed by atoms with van der Waals surface area (Å²) in [5.41, 5.74) is 0. The second kappa shape index (κ2) is 22.6. The van der Waals surface area contributed by atoms with Crippen LogP contribution in [0.1, 0.15) is 13.8 Å². The lowest BCUT2D eigenvalue weighted by Gasteiger charge is -2.51. The van der Waals surface area contributed by atoms with E-state index in [-0.39, 0.29) is 0 Å². The molecule has 0 radical (unpaired) electrons. The standard InChI is InChI=1S/C32H55NO31S2/c1-7-14(38)17(41)20(44)30(55-7)62-25-13(33-8(2)37)29(63-26-15(39)9(3-34)57-31(21(26)45)60-23-11(5-36)56-28(47)19(43)18(23)42)59-12(6-54-65(48,49)50)24(25)61-32-22(46)27(64-66(51,52)53)16(40)10(4-35)58-32/h7,9-32,34-36,38-47H,3-6H2,1-2H3,(H,33,37)(H,48,49,50)(H,51,52,53)/t7-,9+,10+,11+,12+,13+,14+,15-,16-,17+,18+,19+,20-,21+,22+,23+,24+,25+,26-,27-,28+,29-,30-,31-,32-/m0/s1. The Hall–Kier alpha value is -1.67. The molecule has 5 heterocycles. The molecule has 1 amide bonds. The van der Waals surface area contributed by atoms with Gasteiger partial charge in [-0.05, 0) is 6.92 Å². The summed E-state index contributed by atoms with van der Waals surface area (Å²) in [5.74, 6) is -1.00. The first-order valence-electron chi connectivity index (χ1n) is 19.8. The van der Waals surface area contributed by atoms with Gasteiger partial charge in [-0.25, -0.2) is 8.37 Å². The summed E-state index contributed by atoms with van der Waals surface area (Å²) in [6, 6.07) is -2.02. The maximum atomic E-state index is 12.9. The normalized spacial score (nSPS) is 47.3. The van der Waals surface area contributed by atoms with Crippen LogP contribution in [0, 0.1) is 0 Å². The van der Waals surface area contributed by atoms with Crippen LogP contribution in [0.2, 0.25) is 0 Å². The van der Waals surface area contributed by atoms with Crippen LogP contribution < -0.4 is 5.32 Å². The number of carbonyl (C=O) groups excluding carboxylic acids is 1. The summed E-state index contributed by atoms with van der Waals surface area (Å²) in [4.78, 5) is 12.9. The topological polar surface area (TPSA) is 502 Å². The molecule has 0 bridgehead atoms. The number of ether oxygens (including phenoxy) is 9. The van der Waals surface area contributed by atoms with E-state index in [1.54, 1.807) is 0 Å². The van der Waals surface area contributed by atoms with Crippen molar-refractivity contribution in [1.29, 1.82) is 0 Å². The minimum atomic E-state index is -5.50. The van der Waals surface area contributed by atoms with Gasteiger partial charge in [-0.3, -0.25) is 13.9 Å². The van der Waals surface area contributed by atoms with E-state index in [2.05, 4.69) is 13.7 Å². The minimum Gasteiger partial charge on any atom is -0.394 e. The van der Waals surface area contributed by atoms with Gasteiger partial charge in [0.2, 0.25) is 5.91 Å². The molecule has 0 unspecified atom stereocenters. The zero-order valence-corrected chi connectivity index (χ0v) is 36.0. The highest BCUT2D eigenvalue weighted by molar-refractivity contribution is 7.81. The van der Waals surface area contributed by atoms with Crippen molar-refractivity contribution in [2.45, 2.75) is 167 Å². The van der Waals surface area contributed by atoms with Crippen molar-refractivity contribution in [1.82, 2.24) is 5.32 Å². The predicted molar refractivity (Wildman–Crippen MR) is 198 cm³/mol. The van der Waals surface area contributed by atoms with Crippen LogP contribution in [0.15, 0.2) is 0 Å². The Balaban J connectivity index is 1.59. The fourth-order valence-electron chi connectivity index (χ4n) is 7.75. The number of carbonyl (C=O) groups is 1. The molecule has 0 aromatic rings. The van der Waals surface area contributed by atoms with Gasteiger partial charge in [0, 0.05) is 6.92 Å². The van der Waals surface area contributed by atoms with E-state index in [1.807, 2.05) is 0 Å². The number of aliphatic hydroxyl groups excluding tert-OH is 13. The average Bonchev–Trinajstić information content (AvgIpc) is 3.23. The molecule has 34 heteroatoms. The van der Waals surface area contributed by atoms with Crippen LogP contribution in [0.3, 0.4) is 0 Å². The van der Waals surface area contributed by atoms with Gasteiger partial charge in [-0.15, -0.1) is 0 Å². The second-order valence-corrected chi connectivity index (χ2v) is 17.8. The first-order valence-corrected chi connectivity index (χ1v) is 22.5. The Morgan fingerprint density at radius 1 is 0.500 bits per heavy atom. The van der Waals surface area contributed by atoms with Crippen LogP contribution in [0.5, 0.6) is 0 Å². The molecule has 25 atom stereocenters. The Kier molecular flexibility index (Phi) is 18.9. The largest absolute Gasteiger partial charge is 0.397 e. The van der Waals surface area contributed by atoms with E-state index in [4.69, 9.17) is 42.6 Å². The van der Waals surface area contributed by atoms with Gasteiger partial charge in [0.1, 0.15) is 116 Å². The molecule has 0 aromatic heterocycles. The quantitative estimate of drug-likeness (QED) is 0.0602. The Morgan fingerprint density at radius 2 is 0.985 bits per heavy atom. The van der Waals surface area contributed by atoms with Crippen molar-refractivity contribution in [3.8, 4) is 0 Å². The highest BCUT2D eigenvalue weighted by atomic mass is 32.3. The third-order valence-corrected chi connectivity index (χ3v) is 12.0. The zero-order chi connectivity index (χ0) is 49.3. The van der Waals surface area contributed by atoms with E-state index in [1.165, 1.54) is 6.92 Å². The lowest BCUT2D eigenvalue weighted by Crippen LogP contribution is -2.71. The van der Waals surface area contributed by atoms with Crippen molar-refractivity contribution in [2.75, 3.05) is 26.4 Å². The van der Waals surface area contributed by atoms with Gasteiger partial charge >= 0.3 is 20.8 Å². The smallest absolute Gasteiger partial charge is 0.394 e. The van der Waals surface area contributed by atoms with Crippen molar-refractivity contribution in [3.63, 3.8) is 0 Å². The van der Waals surface area contributed by atoms with Crippen molar-refractivity contribution < 1.29 is 148 Å². The van der Waals surface area contributed by atoms with Crippen LogP contribution in [0.4, 0.5) is 0 Å². The number of amides is 1. The van der Waals surface area contributed by atoms with E-state index < -0.39 is 207 Å². The summed E-state index contributed by atoms with van der Waals surface area (Å²) in [6.07, 6.45) is -49.6. The van der Waals surface area contributed by atoms with E-state index in [9.17, 15) is 97.1 Å². The lowest BCUT2D eigenvalue weighted by atomic mass is 9.93. The number of hydrogen-bond acceptors (Lipinski definition) is 29. The molecule has 0 aromatic carbocycles. The number of nitrogens with one attached hydrogen (secondary N) is 1. The monoisotopic (exact) mass is 1010 g/mol. The fourth-order valence-corrected chi connectivity index (χ4v) is 8.56. The summed E-state index contributed by atoms with van der Waals surface area (Å²) < 4.78 is 126. The number of hydrogen-bond donors (Lipinski definition) is 16. The molecule has 5 aliphatic heterocycles. The molecule has 0 aliphatic carbocycles. The molecule has 0 saturated carbocycles. The molecular formula is C32H55NO31S2. The van der Waals surface area contributed by atoms with Crippen LogP contribution >= 0.6 is 0 Å². The summed E-state index contributed by atoms with van der Waals surface area (Å²) >= 11 is 0. The molecular weight excluding hydrogens is 958 g/mol. The molecule has 5 aliphatic rings. The maximum Gasteiger partial charge on any atom is 0.397 e.